The third-order valence-electron chi connectivity index (χ3n) is 8.90. The Morgan fingerprint density at radius 1 is 1.00 bits per heavy atom. The van der Waals surface area contributed by atoms with Gasteiger partial charge in [-0.2, -0.15) is 0 Å². The number of rotatable bonds is 10. The van der Waals surface area contributed by atoms with Crippen LogP contribution in [-0.4, -0.2) is 67.8 Å². The van der Waals surface area contributed by atoms with Gasteiger partial charge in [0.2, 0.25) is 9.04 Å². The van der Waals surface area contributed by atoms with Gasteiger partial charge in [-0.1, -0.05) is 81.4 Å². The number of amides is 2. The van der Waals surface area contributed by atoms with Crippen molar-refractivity contribution in [2.45, 2.75) is 46.1 Å². The molecule has 3 aromatic carbocycles. The normalized spacial score (nSPS) is 19.2. The first-order valence-corrected chi connectivity index (χ1v) is 18.5. The molecule has 0 radical (unpaired) electrons. The summed E-state index contributed by atoms with van der Waals surface area (Å²) in [5.74, 6) is 0.000481. The largest absolute Gasteiger partial charge is 0.445 e. The van der Waals surface area contributed by atoms with E-state index >= 15 is 0 Å². The Bertz CT molecular complexity index is 1690. The molecule has 2 unspecified atom stereocenters. The molecule has 2 amide bonds. The van der Waals surface area contributed by atoms with Crippen molar-refractivity contribution in [1.82, 2.24) is 15.2 Å². The van der Waals surface area contributed by atoms with Gasteiger partial charge in [0.1, 0.15) is 18.5 Å². The van der Waals surface area contributed by atoms with E-state index in [0.717, 1.165) is 11.7 Å². The van der Waals surface area contributed by atoms with Crippen LogP contribution in [0.1, 0.15) is 43.2 Å². The molecule has 11 nitrogen and oxygen atoms in total. The summed E-state index contributed by atoms with van der Waals surface area (Å²) in [6, 6.07) is 26.5. The standard InChI is InChI=1S/C35H39N5O6SSi/c1-35(2,3)29-21-39(32(29)46-48(27-10-6-4-7-11-27)28-12-8-5-9-13-28)33-37-30(23-47-33)31(41)36-25-18-19-38(20-25)34(42)45-22-24-14-16-26(17-15-24)40(43)44/h4-17,23,25,29,32,48H,18-22H2,1-3H3,(H,36,41)/t25-,29?,32?/m0/s1. The number of likely N-dealkylation sites (tertiary alicyclic amines) is 1. The summed E-state index contributed by atoms with van der Waals surface area (Å²) in [5.41, 5.74) is 0.984. The minimum Gasteiger partial charge on any atom is -0.445 e. The molecule has 0 bridgehead atoms. The summed E-state index contributed by atoms with van der Waals surface area (Å²) in [5, 5.41) is 18.8. The summed E-state index contributed by atoms with van der Waals surface area (Å²) in [7, 11) is -2.04. The van der Waals surface area contributed by atoms with Gasteiger partial charge in [-0.15, -0.1) is 11.3 Å². The molecule has 1 N–H and O–H groups in total. The Balaban J connectivity index is 1.07. The summed E-state index contributed by atoms with van der Waals surface area (Å²) >= 11 is 1.43. The zero-order valence-electron chi connectivity index (χ0n) is 27.2. The molecule has 250 valence electrons. The molecule has 2 aliphatic heterocycles. The fourth-order valence-corrected chi connectivity index (χ4v) is 9.34. The van der Waals surface area contributed by atoms with Crippen LogP contribution < -0.4 is 20.6 Å². The molecule has 4 aromatic rings. The predicted octanol–water partition coefficient (Wildman–Crippen LogP) is 4.56. The Kier molecular flexibility index (Phi) is 9.90. The monoisotopic (exact) mass is 685 g/mol. The van der Waals surface area contributed by atoms with Gasteiger partial charge in [-0.05, 0) is 39.9 Å². The maximum atomic E-state index is 13.3. The molecular formula is C35H39N5O6SSi. The maximum absolute atomic E-state index is 13.3. The summed E-state index contributed by atoms with van der Waals surface area (Å²) in [4.78, 5) is 44.8. The first-order chi connectivity index (χ1) is 23.1. The number of benzene rings is 3. The first-order valence-electron chi connectivity index (χ1n) is 16.0. The molecule has 0 saturated carbocycles. The highest BCUT2D eigenvalue weighted by molar-refractivity contribution is 7.14. The number of carbonyl (C=O) groups excluding carboxylic acids is 2. The summed E-state index contributed by atoms with van der Waals surface area (Å²) in [6.07, 6.45) is -0.0778. The minimum atomic E-state index is -2.04. The Hall–Kier alpha value is -4.59. The van der Waals surface area contributed by atoms with Crippen molar-refractivity contribution in [2.24, 2.45) is 11.3 Å². The van der Waals surface area contributed by atoms with E-state index in [9.17, 15) is 19.7 Å². The van der Waals surface area contributed by atoms with E-state index in [4.69, 9.17) is 14.1 Å². The van der Waals surface area contributed by atoms with Gasteiger partial charge in [0.25, 0.3) is 11.6 Å². The number of carbonyl (C=O) groups is 2. The third kappa shape index (κ3) is 7.59. The fourth-order valence-electron chi connectivity index (χ4n) is 6.04. The van der Waals surface area contributed by atoms with Gasteiger partial charge < -0.3 is 24.3 Å². The van der Waals surface area contributed by atoms with Crippen LogP contribution >= 0.6 is 11.3 Å². The van der Waals surface area contributed by atoms with E-state index in [-0.39, 0.29) is 41.8 Å². The number of nitro groups is 1. The molecule has 0 aliphatic carbocycles. The highest BCUT2D eigenvalue weighted by Gasteiger charge is 2.48. The number of hydrogen-bond acceptors (Lipinski definition) is 9. The smallest absolute Gasteiger partial charge is 0.410 e. The molecular weight excluding hydrogens is 647 g/mol. The molecule has 13 heteroatoms. The van der Waals surface area contributed by atoms with Crippen molar-refractivity contribution in [3.8, 4) is 0 Å². The lowest BCUT2D eigenvalue weighted by Crippen LogP contribution is -2.65. The van der Waals surface area contributed by atoms with E-state index in [2.05, 4.69) is 79.5 Å². The molecule has 2 saturated heterocycles. The Morgan fingerprint density at radius 3 is 2.25 bits per heavy atom. The van der Waals surface area contributed by atoms with E-state index in [1.54, 1.807) is 22.4 Å². The number of anilines is 1. The average molecular weight is 686 g/mol. The van der Waals surface area contributed by atoms with Gasteiger partial charge in [-0.25, -0.2) is 9.78 Å². The van der Waals surface area contributed by atoms with Crippen molar-refractivity contribution in [3.63, 3.8) is 0 Å². The number of hydrogen-bond donors (Lipinski definition) is 1. The lowest BCUT2D eigenvalue weighted by molar-refractivity contribution is -0.384. The topological polar surface area (TPSA) is 127 Å². The van der Waals surface area contributed by atoms with Gasteiger partial charge in [0, 0.05) is 49.1 Å². The van der Waals surface area contributed by atoms with Crippen molar-refractivity contribution >= 4 is 53.6 Å². The van der Waals surface area contributed by atoms with Gasteiger partial charge in [0.15, 0.2) is 5.13 Å². The lowest BCUT2D eigenvalue weighted by Gasteiger charge is -2.54. The number of non-ortho nitro benzene ring substituents is 1. The number of thiazole rings is 1. The van der Waals surface area contributed by atoms with Crippen molar-refractivity contribution in [1.29, 1.82) is 0 Å². The maximum Gasteiger partial charge on any atom is 0.410 e. The predicted molar refractivity (Wildman–Crippen MR) is 187 cm³/mol. The van der Waals surface area contributed by atoms with Crippen LogP contribution in [0.2, 0.25) is 0 Å². The van der Waals surface area contributed by atoms with Crippen molar-refractivity contribution in [3.05, 3.63) is 112 Å². The molecule has 6 rings (SSSR count). The van der Waals surface area contributed by atoms with Gasteiger partial charge >= 0.3 is 6.09 Å². The molecule has 2 fully saturated rings. The zero-order chi connectivity index (χ0) is 33.8. The minimum absolute atomic E-state index is 0.00314. The number of ether oxygens (including phenoxy) is 1. The number of nitrogens with one attached hydrogen (secondary N) is 1. The summed E-state index contributed by atoms with van der Waals surface area (Å²) in [6.45, 7) is 8.28. The lowest BCUT2D eigenvalue weighted by atomic mass is 9.74. The van der Waals surface area contributed by atoms with E-state index in [1.165, 1.54) is 33.8 Å². The Labute approximate surface area is 285 Å². The fraction of sp³-hybridized carbons (Fsp3) is 0.343. The van der Waals surface area contributed by atoms with Crippen LogP contribution in [0.25, 0.3) is 0 Å². The zero-order valence-corrected chi connectivity index (χ0v) is 29.1. The first kappa shape index (κ1) is 33.3. The number of aromatic nitrogens is 1. The van der Waals surface area contributed by atoms with Gasteiger partial charge in [0.05, 0.1) is 4.92 Å². The second-order valence-electron chi connectivity index (χ2n) is 13.3. The van der Waals surface area contributed by atoms with Crippen LogP contribution in [0.3, 0.4) is 0 Å². The quantitative estimate of drug-likeness (QED) is 0.146. The van der Waals surface area contributed by atoms with Crippen molar-refractivity contribution in [2.75, 3.05) is 24.5 Å². The highest BCUT2D eigenvalue weighted by Crippen LogP contribution is 2.43. The SMILES string of the molecule is CC(C)(C)C1CN(c2nc(C(=O)N[C@H]3CCN(C(=O)OCc4ccc([N+](=O)[O-])cc4)C3)cs2)C1O[SiH](c1ccccc1)c1ccccc1. The average Bonchev–Trinajstić information content (AvgIpc) is 3.74. The van der Waals surface area contributed by atoms with E-state index < -0.39 is 20.1 Å². The van der Waals surface area contributed by atoms with E-state index in [0.29, 0.717) is 30.8 Å². The molecule has 48 heavy (non-hydrogen) atoms. The molecule has 3 heterocycles. The second-order valence-corrected chi connectivity index (χ2v) is 16.5. The highest BCUT2D eigenvalue weighted by atomic mass is 32.1. The molecule has 3 atom stereocenters. The summed E-state index contributed by atoms with van der Waals surface area (Å²) < 4.78 is 12.5. The van der Waals surface area contributed by atoms with Crippen LogP contribution in [-0.2, 0) is 15.8 Å². The second kappa shape index (κ2) is 14.3. The van der Waals surface area contributed by atoms with Crippen LogP contribution in [0.4, 0.5) is 15.6 Å². The number of nitrogens with zero attached hydrogens (tertiary/aromatic N) is 4. The molecule has 0 spiro atoms. The van der Waals surface area contributed by atoms with Crippen LogP contribution in [0, 0.1) is 21.4 Å². The van der Waals surface area contributed by atoms with Crippen LogP contribution in [0.5, 0.6) is 0 Å². The van der Waals surface area contributed by atoms with E-state index in [1.807, 2.05) is 12.1 Å². The third-order valence-corrected chi connectivity index (χ3v) is 12.3. The number of nitro benzene ring substituents is 1. The molecule has 1 aromatic heterocycles. The Morgan fingerprint density at radius 2 is 1.65 bits per heavy atom. The van der Waals surface area contributed by atoms with Crippen molar-refractivity contribution < 1.29 is 23.7 Å². The van der Waals surface area contributed by atoms with Gasteiger partial charge in [-0.3, -0.25) is 14.9 Å². The molecule has 2 aliphatic rings. The van der Waals surface area contributed by atoms with Crippen LogP contribution in [0.15, 0.2) is 90.3 Å².